The van der Waals surface area contributed by atoms with Crippen LogP contribution in [0.1, 0.15) is 58.9 Å². The Balaban J connectivity index is 3.08. The van der Waals surface area contributed by atoms with Gasteiger partial charge in [-0.15, -0.1) is 6.58 Å². The molecule has 1 nitrogen and oxygen atoms in total. The Labute approximate surface area is 125 Å². The lowest BCUT2D eigenvalue weighted by Gasteiger charge is -2.41. The van der Waals surface area contributed by atoms with Gasteiger partial charge in [-0.2, -0.15) is 0 Å². The molecule has 20 heavy (non-hydrogen) atoms. The topological polar surface area (TPSA) is 12.0 Å². The van der Waals surface area contributed by atoms with Crippen molar-refractivity contribution >= 4 is 0 Å². The molecule has 1 atom stereocenters. The molecule has 0 bridgehead atoms. The number of rotatable bonds is 9. The van der Waals surface area contributed by atoms with Crippen molar-refractivity contribution in [2.75, 3.05) is 6.54 Å². The van der Waals surface area contributed by atoms with Gasteiger partial charge in [0.1, 0.15) is 0 Å². The van der Waals surface area contributed by atoms with Crippen LogP contribution in [0.3, 0.4) is 0 Å². The van der Waals surface area contributed by atoms with Crippen molar-refractivity contribution in [1.29, 1.82) is 0 Å². The van der Waals surface area contributed by atoms with Crippen LogP contribution in [0, 0.1) is 0 Å². The molecule has 1 unspecified atom stereocenters. The average Bonchev–Trinajstić information content (AvgIpc) is 2.47. The number of allylic oxidation sites excluding steroid dienone is 1. The van der Waals surface area contributed by atoms with E-state index >= 15 is 0 Å². The predicted molar refractivity (Wildman–Crippen MR) is 90.2 cm³/mol. The molecular weight excluding hydrogens is 242 g/mol. The van der Waals surface area contributed by atoms with Crippen LogP contribution in [-0.4, -0.2) is 12.6 Å². The molecule has 112 valence electrons. The summed E-state index contributed by atoms with van der Waals surface area (Å²) >= 11 is 0. The Kier molecular flexibility index (Phi) is 7.01. The predicted octanol–water partition coefficient (Wildman–Crippen LogP) is 5.08. The van der Waals surface area contributed by atoms with Gasteiger partial charge in [0.2, 0.25) is 0 Å². The Morgan fingerprint density at radius 1 is 1.15 bits per heavy atom. The fourth-order valence-electron chi connectivity index (χ4n) is 3.33. The zero-order valence-electron chi connectivity index (χ0n) is 13.7. The first-order valence-corrected chi connectivity index (χ1v) is 8.04. The minimum Gasteiger partial charge on any atom is -0.313 e. The third-order valence-electron chi connectivity index (χ3n) is 4.59. The molecule has 1 aromatic rings. The zero-order chi connectivity index (χ0) is 15.0. The van der Waals surface area contributed by atoms with Crippen molar-refractivity contribution in [3.8, 4) is 0 Å². The van der Waals surface area contributed by atoms with Crippen LogP contribution < -0.4 is 5.32 Å². The van der Waals surface area contributed by atoms with Gasteiger partial charge in [-0.3, -0.25) is 0 Å². The maximum absolute atomic E-state index is 4.07. The first-order valence-electron chi connectivity index (χ1n) is 8.04. The molecular formula is C19H31N. The number of hydrogen-bond acceptors (Lipinski definition) is 1. The van der Waals surface area contributed by atoms with Crippen LogP contribution in [0.15, 0.2) is 42.5 Å². The summed E-state index contributed by atoms with van der Waals surface area (Å²) in [5, 5.41) is 3.74. The molecule has 0 saturated carbocycles. The van der Waals surface area contributed by atoms with Crippen LogP contribution in [0.25, 0.3) is 0 Å². The van der Waals surface area contributed by atoms with E-state index in [4.69, 9.17) is 0 Å². The minimum absolute atomic E-state index is 0.229. The van der Waals surface area contributed by atoms with Crippen LogP contribution in [0.2, 0.25) is 0 Å². The maximum atomic E-state index is 4.07. The molecule has 1 heteroatoms. The summed E-state index contributed by atoms with van der Waals surface area (Å²) in [5.74, 6) is 0. The van der Waals surface area contributed by atoms with Gasteiger partial charge in [-0.05, 0) is 44.7 Å². The molecule has 1 rings (SSSR count). The Hall–Kier alpha value is -1.08. The fourth-order valence-corrected chi connectivity index (χ4v) is 3.33. The summed E-state index contributed by atoms with van der Waals surface area (Å²) in [6.45, 7) is 14.1. The Morgan fingerprint density at radius 3 is 2.20 bits per heavy atom. The highest BCUT2D eigenvalue weighted by Gasteiger charge is 2.36. The molecule has 0 amide bonds. The lowest BCUT2D eigenvalue weighted by molar-refractivity contribution is 0.261. The molecule has 0 spiro atoms. The Morgan fingerprint density at radius 2 is 1.75 bits per heavy atom. The molecule has 0 heterocycles. The molecule has 1 N–H and O–H groups in total. The molecule has 0 aliphatic heterocycles. The van der Waals surface area contributed by atoms with E-state index in [1.807, 2.05) is 0 Å². The second-order valence-corrected chi connectivity index (χ2v) is 5.84. The summed E-state index contributed by atoms with van der Waals surface area (Å²) < 4.78 is 0. The van der Waals surface area contributed by atoms with Crippen LogP contribution in [-0.2, 0) is 5.41 Å². The van der Waals surface area contributed by atoms with E-state index in [9.17, 15) is 0 Å². The maximum Gasteiger partial charge on any atom is 0.0167 e. The smallest absolute Gasteiger partial charge is 0.0167 e. The highest BCUT2D eigenvalue weighted by atomic mass is 14.9. The van der Waals surface area contributed by atoms with Crippen molar-refractivity contribution in [3.63, 3.8) is 0 Å². The van der Waals surface area contributed by atoms with E-state index in [1.165, 1.54) is 30.4 Å². The lowest BCUT2D eigenvalue weighted by atomic mass is 9.68. The van der Waals surface area contributed by atoms with Crippen LogP contribution in [0.5, 0.6) is 0 Å². The van der Waals surface area contributed by atoms with Gasteiger partial charge < -0.3 is 5.32 Å². The number of nitrogens with one attached hydrogen (secondary N) is 1. The standard InChI is InChI=1S/C19H31N/c1-6-19(7-2,17-12-10-9-11-13-17)18(20-8-3)15-14-16(4)5/h9-13,18,20H,4,6-8,14-15H2,1-3,5H3. The quantitative estimate of drug-likeness (QED) is 0.619. The van der Waals surface area contributed by atoms with E-state index in [2.05, 4.69) is 69.9 Å². The highest BCUT2D eigenvalue weighted by molar-refractivity contribution is 5.28. The van der Waals surface area contributed by atoms with Gasteiger partial charge in [0.15, 0.2) is 0 Å². The number of hydrogen-bond donors (Lipinski definition) is 1. The fraction of sp³-hybridized carbons (Fsp3) is 0.579. The van der Waals surface area contributed by atoms with Crippen LogP contribution in [0.4, 0.5) is 0 Å². The van der Waals surface area contributed by atoms with Gasteiger partial charge in [0, 0.05) is 11.5 Å². The Bertz CT molecular complexity index is 389. The second-order valence-electron chi connectivity index (χ2n) is 5.84. The van der Waals surface area contributed by atoms with Crippen molar-refractivity contribution < 1.29 is 0 Å². The molecule has 1 aromatic carbocycles. The van der Waals surface area contributed by atoms with Gasteiger partial charge in [-0.25, -0.2) is 0 Å². The minimum atomic E-state index is 0.229. The monoisotopic (exact) mass is 273 g/mol. The number of benzene rings is 1. The molecule has 0 aromatic heterocycles. The number of likely N-dealkylation sites (N-methyl/N-ethyl adjacent to an activating group) is 1. The van der Waals surface area contributed by atoms with Crippen molar-refractivity contribution in [1.82, 2.24) is 5.32 Å². The average molecular weight is 273 g/mol. The molecule has 0 fully saturated rings. The highest BCUT2D eigenvalue weighted by Crippen LogP contribution is 2.37. The zero-order valence-corrected chi connectivity index (χ0v) is 13.7. The van der Waals surface area contributed by atoms with E-state index < -0.39 is 0 Å². The largest absolute Gasteiger partial charge is 0.313 e. The van der Waals surface area contributed by atoms with Crippen LogP contribution >= 0.6 is 0 Å². The van der Waals surface area contributed by atoms with Crippen molar-refractivity contribution in [3.05, 3.63) is 48.0 Å². The van der Waals surface area contributed by atoms with Gasteiger partial charge in [0.05, 0.1) is 0 Å². The van der Waals surface area contributed by atoms with Gasteiger partial charge in [0.25, 0.3) is 0 Å². The SMILES string of the molecule is C=C(C)CCC(NCC)C(CC)(CC)c1ccccc1. The van der Waals surface area contributed by atoms with Crippen molar-refractivity contribution in [2.24, 2.45) is 0 Å². The first-order chi connectivity index (χ1) is 9.60. The third kappa shape index (κ3) is 3.96. The van der Waals surface area contributed by atoms with Gasteiger partial charge in [-0.1, -0.05) is 56.7 Å². The summed E-state index contributed by atoms with van der Waals surface area (Å²) in [7, 11) is 0. The van der Waals surface area contributed by atoms with E-state index in [1.54, 1.807) is 0 Å². The lowest BCUT2D eigenvalue weighted by Crippen LogP contribution is -2.48. The summed E-state index contributed by atoms with van der Waals surface area (Å²) in [4.78, 5) is 0. The molecule has 0 radical (unpaired) electrons. The summed E-state index contributed by atoms with van der Waals surface area (Å²) in [6.07, 6.45) is 4.61. The third-order valence-corrected chi connectivity index (χ3v) is 4.59. The second kappa shape index (κ2) is 8.26. The molecule has 0 aliphatic rings. The van der Waals surface area contributed by atoms with Crippen molar-refractivity contribution in [2.45, 2.75) is 64.8 Å². The summed E-state index contributed by atoms with van der Waals surface area (Å²) in [5.41, 5.74) is 2.98. The van der Waals surface area contributed by atoms with E-state index in [0.717, 1.165) is 13.0 Å². The van der Waals surface area contributed by atoms with E-state index in [0.29, 0.717) is 6.04 Å². The van der Waals surface area contributed by atoms with Gasteiger partial charge >= 0.3 is 0 Å². The molecule has 0 aliphatic carbocycles. The van der Waals surface area contributed by atoms with E-state index in [-0.39, 0.29) is 5.41 Å². The first kappa shape index (κ1) is 17.0. The molecule has 0 saturated heterocycles. The normalized spacial score (nSPS) is 13.2. The summed E-state index contributed by atoms with van der Waals surface area (Å²) in [6, 6.07) is 11.5.